The molecule has 0 bridgehead atoms. The van der Waals surface area contributed by atoms with Crippen LogP contribution in [0.5, 0.6) is 0 Å². The van der Waals surface area contributed by atoms with Gasteiger partial charge in [-0.1, -0.05) is 12.1 Å². The second kappa shape index (κ2) is 6.60. The minimum atomic E-state index is 0.000589. The number of hydrazine groups is 1. The first-order chi connectivity index (χ1) is 8.70. The molecule has 0 radical (unpaired) electrons. The lowest BCUT2D eigenvalue weighted by Crippen LogP contribution is -2.30. The predicted octanol–water partition coefficient (Wildman–Crippen LogP) is 3.20. The van der Waals surface area contributed by atoms with Gasteiger partial charge in [0.2, 0.25) is 0 Å². The van der Waals surface area contributed by atoms with E-state index in [-0.39, 0.29) is 6.04 Å². The molecule has 2 rings (SSSR count). The average Bonchev–Trinajstić information content (AvgIpc) is 2.39. The summed E-state index contributed by atoms with van der Waals surface area (Å²) in [5.74, 6) is 5.64. The Labute approximate surface area is 128 Å². The number of hydrogen-bond acceptors (Lipinski definition) is 3. The summed E-state index contributed by atoms with van der Waals surface area (Å²) in [5.41, 5.74) is 4.99. The maximum atomic E-state index is 5.64. The Morgan fingerprint density at radius 1 is 1.28 bits per heavy atom. The second-order valence-corrected chi connectivity index (χ2v) is 6.02. The Morgan fingerprint density at radius 2 is 2.00 bits per heavy atom. The van der Waals surface area contributed by atoms with Crippen molar-refractivity contribution in [1.29, 1.82) is 0 Å². The van der Waals surface area contributed by atoms with Crippen molar-refractivity contribution in [2.24, 2.45) is 5.84 Å². The second-order valence-electron chi connectivity index (χ2n) is 3.92. The highest BCUT2D eigenvalue weighted by Crippen LogP contribution is 2.23. The molecule has 1 heterocycles. The molecule has 0 aliphatic rings. The summed E-state index contributed by atoms with van der Waals surface area (Å²) in [4.78, 5) is 4.37. The van der Waals surface area contributed by atoms with Crippen LogP contribution in [0.2, 0.25) is 0 Å². The summed E-state index contributed by atoms with van der Waals surface area (Å²) >= 11 is 5.80. The summed E-state index contributed by atoms with van der Waals surface area (Å²) < 4.78 is 2.20. The van der Waals surface area contributed by atoms with Crippen molar-refractivity contribution in [3.05, 3.63) is 61.9 Å². The molecule has 0 amide bonds. The molecule has 94 valence electrons. The van der Waals surface area contributed by atoms with Gasteiger partial charge in [0.05, 0.1) is 11.7 Å². The monoisotopic (exact) mass is 417 g/mol. The molecule has 5 heteroatoms. The number of hydrogen-bond donors (Lipinski definition) is 2. The van der Waals surface area contributed by atoms with Crippen LogP contribution >= 0.6 is 38.5 Å². The van der Waals surface area contributed by atoms with Gasteiger partial charge in [-0.3, -0.25) is 16.3 Å². The SMILES string of the molecule is NNC(Cc1ccc(I)cc1)c1ncccc1Br. The lowest BCUT2D eigenvalue weighted by molar-refractivity contribution is 0.536. The molecule has 18 heavy (non-hydrogen) atoms. The first-order valence-corrected chi connectivity index (χ1v) is 7.39. The minimum Gasteiger partial charge on any atom is -0.271 e. The van der Waals surface area contributed by atoms with Crippen LogP contribution < -0.4 is 11.3 Å². The van der Waals surface area contributed by atoms with Gasteiger partial charge in [-0.05, 0) is 74.8 Å². The maximum Gasteiger partial charge on any atom is 0.0731 e. The lowest BCUT2D eigenvalue weighted by Gasteiger charge is -2.16. The molecule has 3 nitrogen and oxygen atoms in total. The number of nitrogens with two attached hydrogens (primary N) is 1. The molecule has 0 aliphatic heterocycles. The van der Waals surface area contributed by atoms with Crippen LogP contribution in [0.3, 0.4) is 0 Å². The molecule has 0 aliphatic carbocycles. The third kappa shape index (κ3) is 3.50. The fourth-order valence-corrected chi connectivity index (χ4v) is 2.64. The highest BCUT2D eigenvalue weighted by Gasteiger charge is 2.14. The summed E-state index contributed by atoms with van der Waals surface area (Å²) in [6.45, 7) is 0. The molecule has 0 fully saturated rings. The fraction of sp³-hybridized carbons (Fsp3) is 0.154. The zero-order valence-electron chi connectivity index (χ0n) is 9.61. The number of benzene rings is 1. The van der Waals surface area contributed by atoms with Crippen molar-refractivity contribution >= 4 is 38.5 Å². The number of halogens is 2. The first kappa shape index (κ1) is 13.9. The largest absolute Gasteiger partial charge is 0.271 e. The highest BCUT2D eigenvalue weighted by molar-refractivity contribution is 14.1. The van der Waals surface area contributed by atoms with Gasteiger partial charge in [0.25, 0.3) is 0 Å². The summed E-state index contributed by atoms with van der Waals surface area (Å²) in [7, 11) is 0. The average molecular weight is 418 g/mol. The van der Waals surface area contributed by atoms with Crippen LogP contribution in [0, 0.1) is 3.57 Å². The van der Waals surface area contributed by atoms with E-state index in [1.807, 2.05) is 12.1 Å². The van der Waals surface area contributed by atoms with E-state index in [1.54, 1.807) is 6.20 Å². The van der Waals surface area contributed by atoms with Crippen molar-refractivity contribution in [2.45, 2.75) is 12.5 Å². The predicted molar refractivity (Wildman–Crippen MR) is 84.9 cm³/mol. The van der Waals surface area contributed by atoms with Gasteiger partial charge in [0.1, 0.15) is 0 Å². The van der Waals surface area contributed by atoms with E-state index in [4.69, 9.17) is 5.84 Å². The Hall–Kier alpha value is -0.500. The number of nitrogens with one attached hydrogen (secondary N) is 1. The van der Waals surface area contributed by atoms with Crippen molar-refractivity contribution in [2.75, 3.05) is 0 Å². The third-order valence-electron chi connectivity index (χ3n) is 2.67. The summed E-state index contributed by atoms with van der Waals surface area (Å²) in [5, 5.41) is 0. The topological polar surface area (TPSA) is 50.9 Å². The Morgan fingerprint density at radius 3 is 2.61 bits per heavy atom. The van der Waals surface area contributed by atoms with Gasteiger partial charge < -0.3 is 0 Å². The van der Waals surface area contributed by atoms with E-state index in [0.717, 1.165) is 16.6 Å². The van der Waals surface area contributed by atoms with E-state index in [1.165, 1.54) is 9.13 Å². The van der Waals surface area contributed by atoms with Crippen LogP contribution in [-0.4, -0.2) is 4.98 Å². The smallest absolute Gasteiger partial charge is 0.0731 e. The van der Waals surface area contributed by atoms with Gasteiger partial charge in [0.15, 0.2) is 0 Å². The minimum absolute atomic E-state index is 0.000589. The van der Waals surface area contributed by atoms with E-state index in [9.17, 15) is 0 Å². The van der Waals surface area contributed by atoms with E-state index >= 15 is 0 Å². The highest BCUT2D eigenvalue weighted by atomic mass is 127. The molecule has 3 N–H and O–H groups in total. The molecule has 1 unspecified atom stereocenters. The van der Waals surface area contributed by atoms with E-state index < -0.39 is 0 Å². The van der Waals surface area contributed by atoms with Crippen molar-refractivity contribution < 1.29 is 0 Å². The third-order valence-corrected chi connectivity index (χ3v) is 4.06. The molecule has 0 saturated heterocycles. The number of aromatic nitrogens is 1. The molecule has 1 aromatic heterocycles. The fourth-order valence-electron chi connectivity index (χ4n) is 1.75. The first-order valence-electron chi connectivity index (χ1n) is 5.51. The van der Waals surface area contributed by atoms with Crippen LogP contribution in [0.1, 0.15) is 17.3 Å². The van der Waals surface area contributed by atoms with Gasteiger partial charge in [-0.15, -0.1) is 0 Å². The van der Waals surface area contributed by atoms with Gasteiger partial charge >= 0.3 is 0 Å². The Balaban J connectivity index is 2.20. The molecule has 1 aromatic carbocycles. The molecule has 1 atom stereocenters. The molecular weight excluding hydrogens is 405 g/mol. The number of nitrogens with zero attached hydrogens (tertiary/aromatic N) is 1. The summed E-state index contributed by atoms with van der Waals surface area (Å²) in [6.07, 6.45) is 2.58. The zero-order chi connectivity index (χ0) is 13.0. The van der Waals surface area contributed by atoms with Crippen molar-refractivity contribution in [3.63, 3.8) is 0 Å². The van der Waals surface area contributed by atoms with E-state index in [0.29, 0.717) is 0 Å². The van der Waals surface area contributed by atoms with Crippen LogP contribution in [0.25, 0.3) is 0 Å². The van der Waals surface area contributed by atoms with Crippen molar-refractivity contribution in [1.82, 2.24) is 10.4 Å². The maximum absolute atomic E-state index is 5.64. The number of rotatable bonds is 4. The van der Waals surface area contributed by atoms with Crippen LogP contribution in [0.15, 0.2) is 47.1 Å². The van der Waals surface area contributed by atoms with Crippen LogP contribution in [-0.2, 0) is 6.42 Å². The Kier molecular flexibility index (Phi) is 5.11. The normalized spacial score (nSPS) is 12.4. The zero-order valence-corrected chi connectivity index (χ0v) is 13.3. The van der Waals surface area contributed by atoms with Gasteiger partial charge in [-0.25, -0.2) is 0 Å². The van der Waals surface area contributed by atoms with Crippen molar-refractivity contribution in [3.8, 4) is 0 Å². The molecule has 2 aromatic rings. The quantitative estimate of drug-likeness (QED) is 0.456. The number of pyridine rings is 1. The molecular formula is C13H13BrIN3. The van der Waals surface area contributed by atoms with E-state index in [2.05, 4.69) is 73.2 Å². The van der Waals surface area contributed by atoms with Crippen LogP contribution in [0.4, 0.5) is 0 Å². The standard InChI is InChI=1S/C13H13BrIN3/c14-11-2-1-7-17-13(11)12(18-16)8-9-3-5-10(15)6-4-9/h1-7,12,18H,8,16H2. The molecule has 0 saturated carbocycles. The Bertz CT molecular complexity index is 516. The lowest BCUT2D eigenvalue weighted by atomic mass is 10.0. The van der Waals surface area contributed by atoms with Gasteiger partial charge in [0, 0.05) is 14.2 Å². The summed E-state index contributed by atoms with van der Waals surface area (Å²) in [6, 6.07) is 12.3. The molecule has 0 spiro atoms. The van der Waals surface area contributed by atoms with Gasteiger partial charge in [-0.2, -0.15) is 0 Å².